The monoisotopic (exact) mass is 267 g/mol. The molecule has 0 spiro atoms. The van der Waals surface area contributed by atoms with Crippen LogP contribution in [0.5, 0.6) is 0 Å². The quantitative estimate of drug-likeness (QED) is 0.896. The molecule has 1 aliphatic carbocycles. The molecule has 0 saturated heterocycles. The highest BCUT2D eigenvalue weighted by Crippen LogP contribution is 2.29. The summed E-state index contributed by atoms with van der Waals surface area (Å²) in [5.41, 5.74) is 0.325. The Labute approximate surface area is 112 Å². The van der Waals surface area contributed by atoms with Crippen molar-refractivity contribution in [2.24, 2.45) is 11.8 Å². The van der Waals surface area contributed by atoms with Crippen molar-refractivity contribution in [2.45, 2.75) is 39.2 Å². The van der Waals surface area contributed by atoms with Crippen LogP contribution in [0.2, 0.25) is 5.15 Å². The summed E-state index contributed by atoms with van der Waals surface area (Å²) >= 11 is 5.64. The molecule has 98 valence electrons. The van der Waals surface area contributed by atoms with Crippen molar-refractivity contribution in [3.8, 4) is 0 Å². The summed E-state index contributed by atoms with van der Waals surface area (Å²) in [6.07, 6.45) is 3.24. The zero-order valence-electron chi connectivity index (χ0n) is 10.7. The summed E-state index contributed by atoms with van der Waals surface area (Å²) in [7, 11) is 0. The number of amides is 1. The number of nitrogens with one attached hydrogen (secondary N) is 1. The van der Waals surface area contributed by atoms with Gasteiger partial charge in [-0.2, -0.15) is 0 Å². The number of halogens is 1. The van der Waals surface area contributed by atoms with Crippen LogP contribution in [0.15, 0.2) is 12.1 Å². The standard InChI is InChI=1S/C13H18ClN3O/c1-8-3-4-10(7-9(8)2)15-13(18)11-5-6-12(14)17-16-11/h5-6,8-10H,3-4,7H2,1-2H3,(H,15,18). The minimum Gasteiger partial charge on any atom is -0.348 e. The van der Waals surface area contributed by atoms with E-state index in [9.17, 15) is 4.79 Å². The van der Waals surface area contributed by atoms with Crippen molar-refractivity contribution < 1.29 is 4.79 Å². The van der Waals surface area contributed by atoms with Crippen LogP contribution in [0.3, 0.4) is 0 Å². The van der Waals surface area contributed by atoms with Gasteiger partial charge in [-0.1, -0.05) is 25.4 Å². The van der Waals surface area contributed by atoms with Gasteiger partial charge in [0.2, 0.25) is 0 Å². The van der Waals surface area contributed by atoms with E-state index >= 15 is 0 Å². The van der Waals surface area contributed by atoms with E-state index in [0.29, 0.717) is 16.8 Å². The van der Waals surface area contributed by atoms with Crippen molar-refractivity contribution in [3.63, 3.8) is 0 Å². The molecule has 1 aromatic rings. The van der Waals surface area contributed by atoms with Gasteiger partial charge in [-0.15, -0.1) is 10.2 Å². The maximum Gasteiger partial charge on any atom is 0.272 e. The van der Waals surface area contributed by atoms with Gasteiger partial charge in [-0.3, -0.25) is 4.79 Å². The van der Waals surface area contributed by atoms with Crippen LogP contribution in [0.25, 0.3) is 0 Å². The summed E-state index contributed by atoms with van der Waals surface area (Å²) in [6.45, 7) is 4.51. The lowest BCUT2D eigenvalue weighted by molar-refractivity contribution is 0.0904. The lowest BCUT2D eigenvalue weighted by atomic mass is 9.79. The minimum absolute atomic E-state index is 0.161. The zero-order valence-corrected chi connectivity index (χ0v) is 11.4. The molecule has 1 saturated carbocycles. The summed E-state index contributed by atoms with van der Waals surface area (Å²) in [6, 6.07) is 3.43. The number of carbonyl (C=O) groups excluding carboxylic acids is 1. The molecule has 1 fully saturated rings. The molecule has 3 atom stereocenters. The maximum atomic E-state index is 12.0. The first-order valence-electron chi connectivity index (χ1n) is 6.36. The second-order valence-electron chi connectivity index (χ2n) is 5.18. The Bertz CT molecular complexity index is 421. The van der Waals surface area contributed by atoms with Gasteiger partial charge in [-0.25, -0.2) is 0 Å². The van der Waals surface area contributed by atoms with Crippen molar-refractivity contribution in [2.75, 3.05) is 0 Å². The molecule has 0 aliphatic heterocycles. The average Bonchev–Trinajstić information content (AvgIpc) is 2.34. The van der Waals surface area contributed by atoms with E-state index in [1.165, 1.54) is 6.42 Å². The van der Waals surface area contributed by atoms with Gasteiger partial charge in [0.15, 0.2) is 10.8 Å². The Kier molecular flexibility index (Phi) is 4.17. The van der Waals surface area contributed by atoms with E-state index in [2.05, 4.69) is 29.4 Å². The molecule has 5 heteroatoms. The number of carbonyl (C=O) groups is 1. The van der Waals surface area contributed by atoms with Crippen molar-refractivity contribution >= 4 is 17.5 Å². The molecular formula is C13H18ClN3O. The second-order valence-corrected chi connectivity index (χ2v) is 5.57. The van der Waals surface area contributed by atoms with Gasteiger partial charge in [0.25, 0.3) is 5.91 Å². The highest BCUT2D eigenvalue weighted by Gasteiger charge is 2.26. The molecule has 18 heavy (non-hydrogen) atoms. The first-order chi connectivity index (χ1) is 8.56. The number of hydrogen-bond acceptors (Lipinski definition) is 3. The minimum atomic E-state index is -0.161. The average molecular weight is 268 g/mol. The fourth-order valence-electron chi connectivity index (χ4n) is 2.38. The Morgan fingerprint density at radius 3 is 2.67 bits per heavy atom. The SMILES string of the molecule is CC1CCC(NC(=O)c2ccc(Cl)nn2)CC1C. The molecule has 0 bridgehead atoms. The predicted molar refractivity (Wildman–Crippen MR) is 70.5 cm³/mol. The van der Waals surface area contributed by atoms with E-state index in [0.717, 1.165) is 18.8 Å². The molecule has 1 N–H and O–H groups in total. The third-order valence-corrected chi connectivity index (χ3v) is 4.00. The topological polar surface area (TPSA) is 54.9 Å². The molecule has 1 amide bonds. The predicted octanol–water partition coefficient (Wildman–Crippen LogP) is 2.68. The summed E-state index contributed by atoms with van der Waals surface area (Å²) in [4.78, 5) is 12.0. The smallest absolute Gasteiger partial charge is 0.272 e. The second kappa shape index (κ2) is 5.65. The Morgan fingerprint density at radius 1 is 1.28 bits per heavy atom. The Balaban J connectivity index is 1.93. The Morgan fingerprint density at radius 2 is 2.06 bits per heavy atom. The van der Waals surface area contributed by atoms with Crippen molar-refractivity contribution in [3.05, 3.63) is 23.0 Å². The van der Waals surface area contributed by atoms with Gasteiger partial charge >= 0.3 is 0 Å². The summed E-state index contributed by atoms with van der Waals surface area (Å²) in [5, 5.41) is 10.8. The first kappa shape index (κ1) is 13.3. The summed E-state index contributed by atoms with van der Waals surface area (Å²) < 4.78 is 0. The molecule has 1 aliphatic rings. The van der Waals surface area contributed by atoms with Crippen molar-refractivity contribution in [1.29, 1.82) is 0 Å². The number of aromatic nitrogens is 2. The third-order valence-electron chi connectivity index (χ3n) is 3.80. The van der Waals surface area contributed by atoms with Crippen LogP contribution in [-0.4, -0.2) is 22.1 Å². The molecule has 1 heterocycles. The van der Waals surface area contributed by atoms with Gasteiger partial charge in [0.05, 0.1) is 0 Å². The van der Waals surface area contributed by atoms with Crippen LogP contribution in [0.1, 0.15) is 43.6 Å². The zero-order chi connectivity index (χ0) is 13.1. The van der Waals surface area contributed by atoms with E-state index in [1.807, 2.05) is 0 Å². The molecule has 4 nitrogen and oxygen atoms in total. The van der Waals surface area contributed by atoms with E-state index in [1.54, 1.807) is 12.1 Å². The lowest BCUT2D eigenvalue weighted by Gasteiger charge is -2.32. The molecule has 0 radical (unpaired) electrons. The number of rotatable bonds is 2. The first-order valence-corrected chi connectivity index (χ1v) is 6.74. The fourth-order valence-corrected chi connectivity index (χ4v) is 2.48. The molecule has 0 aromatic carbocycles. The fraction of sp³-hybridized carbons (Fsp3) is 0.615. The van der Waals surface area contributed by atoms with E-state index in [4.69, 9.17) is 11.6 Å². The van der Waals surface area contributed by atoms with Crippen molar-refractivity contribution in [1.82, 2.24) is 15.5 Å². The molecule has 3 unspecified atom stereocenters. The Hall–Kier alpha value is -1.16. The highest BCUT2D eigenvalue weighted by atomic mass is 35.5. The number of hydrogen-bond donors (Lipinski definition) is 1. The van der Waals surface area contributed by atoms with Crippen LogP contribution in [-0.2, 0) is 0 Å². The molecule has 1 aromatic heterocycles. The normalized spacial score (nSPS) is 27.8. The maximum absolute atomic E-state index is 12.0. The van der Waals surface area contributed by atoms with E-state index < -0.39 is 0 Å². The van der Waals surface area contributed by atoms with Gasteiger partial charge in [0.1, 0.15) is 0 Å². The van der Waals surface area contributed by atoms with Crippen LogP contribution >= 0.6 is 11.6 Å². The molecular weight excluding hydrogens is 250 g/mol. The van der Waals surface area contributed by atoms with Gasteiger partial charge in [0, 0.05) is 6.04 Å². The van der Waals surface area contributed by atoms with Crippen LogP contribution in [0, 0.1) is 11.8 Å². The largest absolute Gasteiger partial charge is 0.348 e. The number of nitrogens with zero attached hydrogens (tertiary/aromatic N) is 2. The van der Waals surface area contributed by atoms with Crippen LogP contribution in [0.4, 0.5) is 0 Å². The van der Waals surface area contributed by atoms with Crippen LogP contribution < -0.4 is 5.32 Å². The summed E-state index contributed by atoms with van der Waals surface area (Å²) in [5.74, 6) is 1.24. The van der Waals surface area contributed by atoms with E-state index in [-0.39, 0.29) is 11.9 Å². The van der Waals surface area contributed by atoms with Gasteiger partial charge < -0.3 is 5.32 Å². The van der Waals surface area contributed by atoms with Gasteiger partial charge in [-0.05, 0) is 43.2 Å². The lowest BCUT2D eigenvalue weighted by Crippen LogP contribution is -2.40. The molecule has 2 rings (SSSR count). The highest BCUT2D eigenvalue weighted by molar-refractivity contribution is 6.29. The third kappa shape index (κ3) is 3.19.